The Labute approximate surface area is 160 Å². The molecule has 1 aromatic carbocycles. The van der Waals surface area contributed by atoms with Crippen molar-refractivity contribution >= 4 is 28.0 Å². The standard InChI is InChI=1S/C20H19N3O3S/c1-11-9-13(26-23-11)10-20(12-5-3-2-4-6-12)8-7-14-15(18(21)25)19(22)27-16(14)17(20)24/h2-6,9H,7-8,10,22H2,1H3,(H2,21,25). The first kappa shape index (κ1) is 17.5. The summed E-state index contributed by atoms with van der Waals surface area (Å²) in [6.45, 7) is 1.85. The molecule has 7 heteroatoms. The van der Waals surface area contributed by atoms with Gasteiger partial charge in [0.05, 0.1) is 26.6 Å². The minimum absolute atomic E-state index is 0.0480. The van der Waals surface area contributed by atoms with E-state index in [1.54, 1.807) is 0 Å². The number of rotatable bonds is 4. The van der Waals surface area contributed by atoms with E-state index in [-0.39, 0.29) is 5.78 Å². The normalized spacial score (nSPS) is 19.1. The Bertz CT molecular complexity index is 1040. The fraction of sp³-hybridized carbons (Fsp3) is 0.250. The van der Waals surface area contributed by atoms with Gasteiger partial charge in [-0.15, -0.1) is 11.3 Å². The largest absolute Gasteiger partial charge is 0.390 e. The van der Waals surface area contributed by atoms with E-state index < -0.39 is 11.3 Å². The Hall–Kier alpha value is -2.93. The summed E-state index contributed by atoms with van der Waals surface area (Å²) in [5.41, 5.74) is 13.4. The Morgan fingerprint density at radius 2 is 2.07 bits per heavy atom. The molecule has 4 N–H and O–H groups in total. The number of carbonyl (C=O) groups excluding carboxylic acids is 2. The van der Waals surface area contributed by atoms with Crippen molar-refractivity contribution < 1.29 is 14.1 Å². The van der Waals surface area contributed by atoms with Gasteiger partial charge in [0.15, 0.2) is 5.78 Å². The van der Waals surface area contributed by atoms with Crippen molar-refractivity contribution in [2.24, 2.45) is 5.73 Å². The number of aromatic nitrogens is 1. The summed E-state index contributed by atoms with van der Waals surface area (Å²) < 4.78 is 5.42. The van der Waals surface area contributed by atoms with Crippen molar-refractivity contribution in [2.45, 2.75) is 31.6 Å². The van der Waals surface area contributed by atoms with Crippen LogP contribution in [0.3, 0.4) is 0 Å². The fourth-order valence-corrected chi connectivity index (χ4v) is 5.11. The zero-order chi connectivity index (χ0) is 19.2. The monoisotopic (exact) mass is 381 g/mol. The van der Waals surface area contributed by atoms with Crippen LogP contribution in [0.4, 0.5) is 5.00 Å². The third-order valence-electron chi connectivity index (χ3n) is 5.20. The predicted octanol–water partition coefficient (Wildman–Crippen LogP) is 3.04. The van der Waals surface area contributed by atoms with Crippen LogP contribution < -0.4 is 11.5 Å². The Kier molecular flexibility index (Phi) is 4.11. The SMILES string of the molecule is Cc1cc(CC2(c3ccccc3)CCc3c(sc(N)c3C(N)=O)C2=O)on1. The first-order chi connectivity index (χ1) is 12.9. The minimum Gasteiger partial charge on any atom is -0.390 e. The number of thiophene rings is 1. The summed E-state index contributed by atoms with van der Waals surface area (Å²) in [6, 6.07) is 11.5. The average molecular weight is 381 g/mol. The van der Waals surface area contributed by atoms with Crippen molar-refractivity contribution in [3.8, 4) is 0 Å². The molecule has 0 saturated carbocycles. The molecule has 2 aromatic heterocycles. The molecule has 1 unspecified atom stereocenters. The Morgan fingerprint density at radius 1 is 1.33 bits per heavy atom. The number of nitrogens with zero attached hydrogens (tertiary/aromatic N) is 1. The molecule has 2 heterocycles. The van der Waals surface area contributed by atoms with Crippen LogP contribution >= 0.6 is 11.3 Å². The lowest BCUT2D eigenvalue weighted by molar-refractivity contribution is 0.0855. The zero-order valence-electron chi connectivity index (χ0n) is 14.8. The number of hydrogen-bond acceptors (Lipinski definition) is 6. The fourth-order valence-electron chi connectivity index (χ4n) is 3.95. The van der Waals surface area contributed by atoms with Gasteiger partial charge < -0.3 is 16.0 Å². The first-order valence-corrected chi connectivity index (χ1v) is 9.47. The number of fused-ring (bicyclic) bond motifs is 1. The molecule has 0 aliphatic heterocycles. The summed E-state index contributed by atoms with van der Waals surface area (Å²) in [6.07, 6.45) is 1.49. The van der Waals surface area contributed by atoms with Crippen molar-refractivity contribution in [1.82, 2.24) is 5.16 Å². The molecule has 1 aliphatic rings. The van der Waals surface area contributed by atoms with Crippen molar-refractivity contribution in [1.29, 1.82) is 0 Å². The van der Waals surface area contributed by atoms with Crippen LogP contribution in [-0.4, -0.2) is 16.8 Å². The molecule has 0 saturated heterocycles. The van der Waals surface area contributed by atoms with E-state index in [1.165, 1.54) is 0 Å². The van der Waals surface area contributed by atoms with Crippen molar-refractivity contribution in [3.05, 3.63) is 69.4 Å². The van der Waals surface area contributed by atoms with E-state index in [1.807, 2.05) is 43.3 Å². The van der Waals surface area contributed by atoms with Crippen molar-refractivity contribution in [3.63, 3.8) is 0 Å². The third-order valence-corrected chi connectivity index (χ3v) is 6.26. The second kappa shape index (κ2) is 6.35. The highest BCUT2D eigenvalue weighted by Crippen LogP contribution is 2.46. The second-order valence-electron chi connectivity index (χ2n) is 6.90. The van der Waals surface area contributed by atoms with E-state index in [9.17, 15) is 9.59 Å². The molecule has 6 nitrogen and oxygen atoms in total. The summed E-state index contributed by atoms with van der Waals surface area (Å²) in [4.78, 5) is 26.0. The van der Waals surface area contributed by atoms with Gasteiger partial charge in [0, 0.05) is 12.5 Å². The lowest BCUT2D eigenvalue weighted by Crippen LogP contribution is -2.41. The van der Waals surface area contributed by atoms with Crippen LogP contribution in [-0.2, 0) is 18.3 Å². The quantitative estimate of drug-likeness (QED) is 0.721. The lowest BCUT2D eigenvalue weighted by atomic mass is 9.66. The third kappa shape index (κ3) is 2.75. The second-order valence-corrected chi connectivity index (χ2v) is 7.95. The highest BCUT2D eigenvalue weighted by atomic mass is 32.1. The van der Waals surface area contributed by atoms with E-state index >= 15 is 0 Å². The van der Waals surface area contributed by atoms with Gasteiger partial charge in [0.2, 0.25) is 0 Å². The molecule has 0 spiro atoms. The van der Waals surface area contributed by atoms with Crippen LogP contribution in [0.2, 0.25) is 0 Å². The molecule has 4 rings (SSSR count). The van der Waals surface area contributed by atoms with E-state index in [0.29, 0.717) is 46.0 Å². The Morgan fingerprint density at radius 3 is 2.70 bits per heavy atom. The molecule has 1 aliphatic carbocycles. The minimum atomic E-state index is -0.785. The van der Waals surface area contributed by atoms with E-state index in [0.717, 1.165) is 22.6 Å². The highest BCUT2D eigenvalue weighted by Gasteiger charge is 2.47. The van der Waals surface area contributed by atoms with Crippen molar-refractivity contribution in [2.75, 3.05) is 5.73 Å². The maximum Gasteiger partial charge on any atom is 0.251 e. The maximum absolute atomic E-state index is 13.7. The van der Waals surface area contributed by atoms with Crippen LogP contribution in [0.1, 0.15) is 49.0 Å². The average Bonchev–Trinajstić information content (AvgIpc) is 3.21. The number of Topliss-reactive ketones (excluding diaryl/α,β-unsaturated/α-hetero) is 1. The first-order valence-electron chi connectivity index (χ1n) is 8.66. The lowest BCUT2D eigenvalue weighted by Gasteiger charge is -2.35. The number of anilines is 1. The topological polar surface area (TPSA) is 112 Å². The van der Waals surface area contributed by atoms with Gasteiger partial charge in [0.25, 0.3) is 5.91 Å². The molecule has 3 aromatic rings. The number of carbonyl (C=O) groups is 2. The van der Waals surface area contributed by atoms with Gasteiger partial charge in [-0.25, -0.2) is 0 Å². The zero-order valence-corrected chi connectivity index (χ0v) is 15.6. The van der Waals surface area contributed by atoms with Gasteiger partial charge in [-0.3, -0.25) is 9.59 Å². The number of primary amides is 1. The maximum atomic E-state index is 13.7. The summed E-state index contributed by atoms with van der Waals surface area (Å²) >= 11 is 1.15. The predicted molar refractivity (Wildman–Crippen MR) is 103 cm³/mol. The van der Waals surface area contributed by atoms with Gasteiger partial charge in [-0.2, -0.15) is 0 Å². The Balaban J connectivity index is 1.86. The van der Waals surface area contributed by atoms with Gasteiger partial charge >= 0.3 is 0 Å². The molecule has 138 valence electrons. The molecule has 0 radical (unpaired) electrons. The van der Waals surface area contributed by atoms with E-state index in [4.69, 9.17) is 16.0 Å². The van der Waals surface area contributed by atoms with E-state index in [2.05, 4.69) is 5.16 Å². The number of amides is 1. The molecular weight excluding hydrogens is 362 g/mol. The summed E-state index contributed by atoms with van der Waals surface area (Å²) in [7, 11) is 0. The van der Waals surface area contributed by atoms with Crippen LogP contribution in [0.15, 0.2) is 40.9 Å². The number of hydrogen-bond donors (Lipinski definition) is 2. The van der Waals surface area contributed by atoms with Crippen LogP contribution in [0.25, 0.3) is 0 Å². The molecule has 0 bridgehead atoms. The number of benzene rings is 1. The number of nitrogens with two attached hydrogens (primary N) is 2. The molecule has 1 amide bonds. The number of aryl methyl sites for hydroxylation is 1. The van der Waals surface area contributed by atoms with Gasteiger partial charge in [-0.1, -0.05) is 35.5 Å². The smallest absolute Gasteiger partial charge is 0.251 e. The van der Waals surface area contributed by atoms with Crippen LogP contribution in [0.5, 0.6) is 0 Å². The molecular formula is C20H19N3O3S. The van der Waals surface area contributed by atoms with Gasteiger partial charge in [-0.05, 0) is 30.9 Å². The summed E-state index contributed by atoms with van der Waals surface area (Å²) in [5.74, 6) is 0.0249. The molecule has 1 atom stereocenters. The van der Waals surface area contributed by atoms with Gasteiger partial charge in [0.1, 0.15) is 5.76 Å². The highest BCUT2D eigenvalue weighted by molar-refractivity contribution is 7.18. The van der Waals surface area contributed by atoms with Crippen LogP contribution in [0, 0.1) is 6.92 Å². The summed E-state index contributed by atoms with van der Waals surface area (Å²) in [5, 5.41) is 4.26. The molecule has 0 fully saturated rings. The number of nitrogen functional groups attached to an aromatic ring is 1. The number of ketones is 1. The molecule has 27 heavy (non-hydrogen) atoms.